The van der Waals surface area contributed by atoms with E-state index in [1.165, 1.54) is 6.08 Å². The average Bonchev–Trinajstić information content (AvgIpc) is 2.66. The van der Waals surface area contributed by atoms with E-state index in [0.29, 0.717) is 12.4 Å². The summed E-state index contributed by atoms with van der Waals surface area (Å²) in [5.41, 5.74) is 3.59. The summed E-state index contributed by atoms with van der Waals surface area (Å²) in [5, 5.41) is 10.6. The summed E-state index contributed by atoms with van der Waals surface area (Å²) in [4.78, 5) is 14.2. The molecule has 0 fully saturated rings. The Balaban J connectivity index is 1.90. The summed E-state index contributed by atoms with van der Waals surface area (Å²) < 4.78 is 5.86. The minimum Gasteiger partial charge on any atom is -0.489 e. The molecule has 0 saturated carbocycles. The van der Waals surface area contributed by atoms with Gasteiger partial charge in [-0.3, -0.25) is 15.1 Å². The number of pyridine rings is 1. The second-order valence-electron chi connectivity index (χ2n) is 5.36. The zero-order valence-electron chi connectivity index (χ0n) is 13.4. The predicted octanol–water partition coefficient (Wildman–Crippen LogP) is 4.58. The van der Waals surface area contributed by atoms with Crippen LogP contribution in [0.1, 0.15) is 11.1 Å². The Morgan fingerprint density at radius 3 is 2.52 bits per heavy atom. The first-order valence-corrected chi connectivity index (χ1v) is 7.75. The van der Waals surface area contributed by atoms with Crippen molar-refractivity contribution >= 4 is 6.08 Å². The molecule has 2 aromatic carbocycles. The van der Waals surface area contributed by atoms with Gasteiger partial charge in [-0.1, -0.05) is 36.4 Å². The van der Waals surface area contributed by atoms with Crippen LogP contribution in [0.25, 0.3) is 17.2 Å². The highest BCUT2D eigenvalue weighted by molar-refractivity contribution is 5.76. The molecule has 0 saturated heterocycles. The zero-order chi connectivity index (χ0) is 17.5. The average molecular weight is 332 g/mol. The number of nitro groups is 1. The molecule has 0 aliphatic carbocycles. The maximum absolute atomic E-state index is 10.6. The van der Waals surface area contributed by atoms with Crippen LogP contribution >= 0.6 is 0 Å². The topological polar surface area (TPSA) is 65.3 Å². The lowest BCUT2D eigenvalue weighted by atomic mass is 10.00. The van der Waals surface area contributed by atoms with Crippen molar-refractivity contribution in [3.8, 4) is 16.9 Å². The molecule has 1 aromatic heterocycles. The highest BCUT2D eigenvalue weighted by Gasteiger charge is 2.07. The number of hydrogen-bond donors (Lipinski definition) is 0. The highest BCUT2D eigenvalue weighted by atomic mass is 16.6. The van der Waals surface area contributed by atoms with Crippen LogP contribution < -0.4 is 4.74 Å². The standard InChI is InChI=1S/C20H16N2O3/c23-22(24)13-10-17-6-7-19(25-15-16-4-2-1-3-5-16)14-20(17)18-8-11-21-12-9-18/h1-14H,15H2. The van der Waals surface area contributed by atoms with Gasteiger partial charge in [0.1, 0.15) is 12.4 Å². The fourth-order valence-corrected chi connectivity index (χ4v) is 2.43. The van der Waals surface area contributed by atoms with E-state index < -0.39 is 4.92 Å². The lowest BCUT2D eigenvalue weighted by molar-refractivity contribution is -0.400. The summed E-state index contributed by atoms with van der Waals surface area (Å²) >= 11 is 0. The van der Waals surface area contributed by atoms with Crippen molar-refractivity contribution in [3.05, 3.63) is 100 Å². The first-order valence-electron chi connectivity index (χ1n) is 7.75. The predicted molar refractivity (Wildman–Crippen MR) is 96.5 cm³/mol. The van der Waals surface area contributed by atoms with Gasteiger partial charge in [0.2, 0.25) is 6.20 Å². The molecule has 124 valence electrons. The molecule has 1 heterocycles. The molecule has 0 spiro atoms. The number of ether oxygens (including phenoxy) is 1. The van der Waals surface area contributed by atoms with Gasteiger partial charge in [-0.15, -0.1) is 0 Å². The fraction of sp³-hybridized carbons (Fsp3) is 0.0500. The van der Waals surface area contributed by atoms with Crippen LogP contribution in [0.5, 0.6) is 5.75 Å². The Morgan fingerprint density at radius 2 is 1.80 bits per heavy atom. The van der Waals surface area contributed by atoms with Crippen molar-refractivity contribution in [2.24, 2.45) is 0 Å². The zero-order valence-corrected chi connectivity index (χ0v) is 13.4. The monoisotopic (exact) mass is 332 g/mol. The van der Waals surface area contributed by atoms with Gasteiger partial charge in [-0.05, 0) is 46.5 Å². The Morgan fingerprint density at radius 1 is 1.04 bits per heavy atom. The maximum atomic E-state index is 10.6. The largest absolute Gasteiger partial charge is 0.489 e. The molecular formula is C20H16N2O3. The quantitative estimate of drug-likeness (QED) is 0.490. The number of rotatable bonds is 6. The SMILES string of the molecule is O=[N+]([O-])C=Cc1ccc(OCc2ccccc2)cc1-c1ccncc1. The van der Waals surface area contributed by atoms with E-state index >= 15 is 0 Å². The van der Waals surface area contributed by atoms with Crippen LogP contribution in [0.15, 0.2) is 79.3 Å². The Labute approximate surface area is 145 Å². The molecule has 0 radical (unpaired) electrons. The van der Waals surface area contributed by atoms with E-state index in [4.69, 9.17) is 4.74 Å². The van der Waals surface area contributed by atoms with E-state index in [9.17, 15) is 10.1 Å². The van der Waals surface area contributed by atoms with Gasteiger partial charge < -0.3 is 4.74 Å². The van der Waals surface area contributed by atoms with Gasteiger partial charge in [0, 0.05) is 18.5 Å². The Hall–Kier alpha value is -3.47. The van der Waals surface area contributed by atoms with Crippen molar-refractivity contribution in [1.82, 2.24) is 4.98 Å². The molecule has 5 nitrogen and oxygen atoms in total. The molecule has 3 rings (SSSR count). The van der Waals surface area contributed by atoms with Crippen LogP contribution in [0.3, 0.4) is 0 Å². The summed E-state index contributed by atoms with van der Waals surface area (Å²) in [5.74, 6) is 0.703. The Kier molecular flexibility index (Phi) is 5.16. The molecule has 3 aromatic rings. The molecule has 0 N–H and O–H groups in total. The number of nitrogens with zero attached hydrogens (tertiary/aromatic N) is 2. The van der Waals surface area contributed by atoms with E-state index in [1.807, 2.05) is 60.7 Å². The van der Waals surface area contributed by atoms with Crippen LogP contribution in [-0.4, -0.2) is 9.91 Å². The molecule has 0 amide bonds. The van der Waals surface area contributed by atoms with Crippen molar-refractivity contribution in [3.63, 3.8) is 0 Å². The van der Waals surface area contributed by atoms with Crippen LogP contribution in [0, 0.1) is 10.1 Å². The van der Waals surface area contributed by atoms with Gasteiger partial charge in [-0.2, -0.15) is 0 Å². The lowest BCUT2D eigenvalue weighted by Gasteiger charge is -2.11. The summed E-state index contributed by atoms with van der Waals surface area (Å²) in [6.45, 7) is 0.459. The van der Waals surface area contributed by atoms with Gasteiger partial charge in [-0.25, -0.2) is 0 Å². The fourth-order valence-electron chi connectivity index (χ4n) is 2.43. The van der Waals surface area contributed by atoms with E-state index in [-0.39, 0.29) is 0 Å². The second-order valence-corrected chi connectivity index (χ2v) is 5.36. The molecule has 0 aliphatic rings. The van der Waals surface area contributed by atoms with Crippen molar-refractivity contribution in [1.29, 1.82) is 0 Å². The van der Waals surface area contributed by atoms with Crippen LogP contribution in [-0.2, 0) is 6.61 Å². The molecule has 0 atom stereocenters. The van der Waals surface area contributed by atoms with E-state index in [1.54, 1.807) is 12.4 Å². The number of hydrogen-bond acceptors (Lipinski definition) is 4. The smallest absolute Gasteiger partial charge is 0.235 e. The normalized spacial score (nSPS) is 10.7. The third kappa shape index (κ3) is 4.51. The summed E-state index contributed by atoms with van der Waals surface area (Å²) in [6, 6.07) is 19.1. The van der Waals surface area contributed by atoms with E-state index in [0.717, 1.165) is 28.5 Å². The van der Waals surface area contributed by atoms with Crippen LogP contribution in [0.4, 0.5) is 0 Å². The second kappa shape index (κ2) is 7.88. The number of aromatic nitrogens is 1. The van der Waals surface area contributed by atoms with Crippen LogP contribution in [0.2, 0.25) is 0 Å². The lowest BCUT2D eigenvalue weighted by Crippen LogP contribution is -1.96. The molecular weight excluding hydrogens is 316 g/mol. The summed E-state index contributed by atoms with van der Waals surface area (Å²) in [7, 11) is 0. The van der Waals surface area contributed by atoms with Gasteiger partial charge >= 0.3 is 0 Å². The highest BCUT2D eigenvalue weighted by Crippen LogP contribution is 2.29. The third-order valence-corrected chi connectivity index (χ3v) is 3.64. The minimum atomic E-state index is -0.476. The van der Waals surface area contributed by atoms with Gasteiger partial charge in [0.25, 0.3) is 0 Å². The molecule has 25 heavy (non-hydrogen) atoms. The first-order chi connectivity index (χ1) is 12.2. The summed E-state index contributed by atoms with van der Waals surface area (Å²) in [6.07, 6.45) is 5.79. The third-order valence-electron chi connectivity index (χ3n) is 3.64. The van der Waals surface area contributed by atoms with Crippen molar-refractivity contribution in [2.75, 3.05) is 0 Å². The van der Waals surface area contributed by atoms with E-state index in [2.05, 4.69) is 4.98 Å². The number of benzene rings is 2. The van der Waals surface area contributed by atoms with Crippen molar-refractivity contribution < 1.29 is 9.66 Å². The maximum Gasteiger partial charge on any atom is 0.235 e. The molecule has 0 unspecified atom stereocenters. The van der Waals surface area contributed by atoms with Gasteiger partial charge in [0.15, 0.2) is 0 Å². The molecule has 5 heteroatoms. The first kappa shape index (κ1) is 16.4. The Bertz CT molecular complexity index is 878. The molecule has 0 aliphatic heterocycles. The van der Waals surface area contributed by atoms with Crippen molar-refractivity contribution in [2.45, 2.75) is 6.61 Å². The molecule has 0 bridgehead atoms. The van der Waals surface area contributed by atoms with Gasteiger partial charge in [0.05, 0.1) is 4.92 Å². The minimum absolute atomic E-state index is 0.459.